The van der Waals surface area contributed by atoms with Crippen LogP contribution in [0.5, 0.6) is 0 Å². The van der Waals surface area contributed by atoms with Gasteiger partial charge in [-0.15, -0.1) is 0 Å². The zero-order valence-electron chi connectivity index (χ0n) is 5.29. The van der Waals surface area contributed by atoms with Gasteiger partial charge in [-0.2, -0.15) is 10.2 Å². The average molecular weight is 247 g/mol. The van der Waals surface area contributed by atoms with E-state index in [1.54, 1.807) is 6.20 Å². The predicted molar refractivity (Wildman–Crippen MR) is 47.1 cm³/mol. The van der Waals surface area contributed by atoms with E-state index in [-0.39, 0.29) is 0 Å². The molecule has 10 heavy (non-hydrogen) atoms. The summed E-state index contributed by atoms with van der Waals surface area (Å²) in [7, 11) is 0. The highest BCUT2D eigenvalue weighted by molar-refractivity contribution is 14.1. The molecule has 2 heterocycles. The predicted octanol–water partition coefficient (Wildman–Crippen LogP) is 1.19. The van der Waals surface area contributed by atoms with Crippen molar-refractivity contribution in [3.05, 3.63) is 18.0 Å². The largest absolute Gasteiger partial charge is 0.312 e. The standard InChI is InChI=1S/C6H6IN3/c7-10-4-2-5-6(10)1-3-8-9-5/h1,3H,2,4H2. The van der Waals surface area contributed by atoms with Crippen LogP contribution in [-0.4, -0.2) is 16.7 Å². The number of fused-ring (bicyclic) bond motifs is 1. The Hall–Kier alpha value is -0.390. The molecule has 0 saturated heterocycles. The molecule has 0 saturated carbocycles. The Balaban J connectivity index is 2.51. The third-order valence-electron chi connectivity index (χ3n) is 1.58. The average Bonchev–Trinajstić information content (AvgIpc) is 2.34. The number of halogens is 1. The molecule has 0 amide bonds. The first kappa shape index (κ1) is 6.33. The molecule has 1 aromatic rings. The van der Waals surface area contributed by atoms with Crippen molar-refractivity contribution >= 4 is 28.6 Å². The number of hydrogen-bond acceptors (Lipinski definition) is 3. The quantitative estimate of drug-likeness (QED) is 0.509. The highest BCUT2D eigenvalue weighted by Crippen LogP contribution is 2.27. The van der Waals surface area contributed by atoms with E-state index in [4.69, 9.17) is 0 Å². The molecule has 0 N–H and O–H groups in total. The minimum atomic E-state index is 1.03. The first-order valence-electron chi connectivity index (χ1n) is 3.12. The van der Waals surface area contributed by atoms with Crippen molar-refractivity contribution < 1.29 is 0 Å². The van der Waals surface area contributed by atoms with Crippen molar-refractivity contribution in [1.82, 2.24) is 10.2 Å². The van der Waals surface area contributed by atoms with Gasteiger partial charge in [0.15, 0.2) is 0 Å². The molecule has 52 valence electrons. The van der Waals surface area contributed by atoms with Crippen LogP contribution < -0.4 is 3.11 Å². The van der Waals surface area contributed by atoms with Crippen LogP contribution in [0.3, 0.4) is 0 Å². The zero-order chi connectivity index (χ0) is 6.97. The molecule has 4 heteroatoms. The second-order valence-electron chi connectivity index (χ2n) is 2.20. The van der Waals surface area contributed by atoms with Crippen molar-refractivity contribution in [2.75, 3.05) is 9.66 Å². The highest BCUT2D eigenvalue weighted by Gasteiger charge is 2.17. The monoisotopic (exact) mass is 247 g/mol. The number of anilines is 1. The molecule has 0 aliphatic carbocycles. The number of hydrogen-bond donors (Lipinski definition) is 0. The molecule has 0 spiro atoms. The maximum Gasteiger partial charge on any atom is 0.0888 e. The summed E-state index contributed by atoms with van der Waals surface area (Å²) in [6, 6.07) is 2.00. The summed E-state index contributed by atoms with van der Waals surface area (Å²) >= 11 is 2.29. The lowest BCUT2D eigenvalue weighted by Gasteiger charge is -2.05. The van der Waals surface area contributed by atoms with Crippen molar-refractivity contribution in [2.24, 2.45) is 0 Å². The van der Waals surface area contributed by atoms with Gasteiger partial charge in [0.1, 0.15) is 0 Å². The maximum atomic E-state index is 4.01. The molecule has 0 aromatic carbocycles. The molecule has 0 radical (unpaired) electrons. The smallest absolute Gasteiger partial charge is 0.0888 e. The molecule has 1 aliphatic rings. The van der Waals surface area contributed by atoms with Crippen LogP contribution in [-0.2, 0) is 6.42 Å². The van der Waals surface area contributed by atoms with E-state index in [1.807, 2.05) is 6.07 Å². The minimum absolute atomic E-state index is 1.03. The van der Waals surface area contributed by atoms with E-state index in [1.165, 1.54) is 5.69 Å². The van der Waals surface area contributed by atoms with Crippen LogP contribution in [0.4, 0.5) is 5.69 Å². The third kappa shape index (κ3) is 0.865. The van der Waals surface area contributed by atoms with Crippen LogP contribution in [0.15, 0.2) is 12.3 Å². The lowest BCUT2D eigenvalue weighted by Crippen LogP contribution is -2.02. The first-order chi connectivity index (χ1) is 4.88. The molecular weight excluding hydrogens is 241 g/mol. The summed E-state index contributed by atoms with van der Waals surface area (Å²) in [5.41, 5.74) is 2.34. The highest BCUT2D eigenvalue weighted by atomic mass is 127. The van der Waals surface area contributed by atoms with Gasteiger partial charge in [0, 0.05) is 13.0 Å². The Morgan fingerprint density at radius 2 is 2.50 bits per heavy atom. The maximum absolute atomic E-state index is 4.01. The molecule has 0 bridgehead atoms. The van der Waals surface area contributed by atoms with Crippen LogP contribution in [0.2, 0.25) is 0 Å². The molecule has 3 nitrogen and oxygen atoms in total. The van der Waals surface area contributed by atoms with Crippen LogP contribution >= 0.6 is 22.9 Å². The fraction of sp³-hybridized carbons (Fsp3) is 0.333. The second-order valence-corrected chi connectivity index (χ2v) is 3.36. The summed E-state index contributed by atoms with van der Waals surface area (Å²) in [6.07, 6.45) is 2.77. The van der Waals surface area contributed by atoms with Gasteiger partial charge in [-0.3, -0.25) is 0 Å². The van der Waals surface area contributed by atoms with Crippen molar-refractivity contribution in [3.8, 4) is 0 Å². The molecule has 2 rings (SSSR count). The summed E-state index contributed by atoms with van der Waals surface area (Å²) in [6.45, 7) is 1.06. The van der Waals surface area contributed by atoms with E-state index in [0.29, 0.717) is 0 Å². The molecular formula is C6H6IN3. The topological polar surface area (TPSA) is 29.0 Å². The Morgan fingerprint density at radius 1 is 1.60 bits per heavy atom. The minimum Gasteiger partial charge on any atom is -0.312 e. The third-order valence-corrected chi connectivity index (χ3v) is 2.58. The molecule has 0 unspecified atom stereocenters. The van der Waals surface area contributed by atoms with Crippen LogP contribution in [0.25, 0.3) is 0 Å². The van der Waals surface area contributed by atoms with Crippen LogP contribution in [0.1, 0.15) is 5.69 Å². The summed E-state index contributed by atoms with van der Waals surface area (Å²) < 4.78 is 2.17. The summed E-state index contributed by atoms with van der Waals surface area (Å²) in [5.74, 6) is 0. The first-order valence-corrected chi connectivity index (χ1v) is 4.08. The van der Waals surface area contributed by atoms with E-state index in [2.05, 4.69) is 36.2 Å². The van der Waals surface area contributed by atoms with Gasteiger partial charge in [-0.25, -0.2) is 0 Å². The van der Waals surface area contributed by atoms with E-state index >= 15 is 0 Å². The van der Waals surface area contributed by atoms with E-state index in [0.717, 1.165) is 18.7 Å². The van der Waals surface area contributed by atoms with Crippen molar-refractivity contribution in [1.29, 1.82) is 0 Å². The number of rotatable bonds is 0. The van der Waals surface area contributed by atoms with Gasteiger partial charge >= 0.3 is 0 Å². The SMILES string of the molecule is IN1CCc2nnccc21. The Labute approximate surface area is 72.9 Å². The van der Waals surface area contributed by atoms with Gasteiger partial charge in [-0.1, -0.05) is 0 Å². The normalized spacial score (nSPS) is 15.5. The number of aromatic nitrogens is 2. The van der Waals surface area contributed by atoms with E-state index < -0.39 is 0 Å². The molecule has 1 aromatic heterocycles. The summed E-state index contributed by atoms with van der Waals surface area (Å²) in [5, 5.41) is 7.82. The van der Waals surface area contributed by atoms with Gasteiger partial charge < -0.3 is 3.11 Å². The lowest BCUT2D eigenvalue weighted by molar-refractivity contribution is 0.937. The van der Waals surface area contributed by atoms with Gasteiger partial charge in [0.2, 0.25) is 0 Å². The number of nitrogens with zero attached hydrogens (tertiary/aromatic N) is 3. The fourth-order valence-electron chi connectivity index (χ4n) is 1.08. The lowest BCUT2D eigenvalue weighted by atomic mass is 10.3. The molecule has 0 atom stereocenters. The van der Waals surface area contributed by atoms with Crippen molar-refractivity contribution in [3.63, 3.8) is 0 Å². The molecule has 1 aliphatic heterocycles. The van der Waals surface area contributed by atoms with E-state index in [9.17, 15) is 0 Å². The van der Waals surface area contributed by atoms with Crippen LogP contribution in [0, 0.1) is 0 Å². The Kier molecular flexibility index (Phi) is 1.48. The van der Waals surface area contributed by atoms with Crippen molar-refractivity contribution in [2.45, 2.75) is 6.42 Å². The van der Waals surface area contributed by atoms with Gasteiger partial charge in [-0.05, 0) is 6.07 Å². The summed E-state index contributed by atoms with van der Waals surface area (Å²) in [4.78, 5) is 0. The van der Waals surface area contributed by atoms with Gasteiger partial charge in [0.05, 0.1) is 40.4 Å². The zero-order valence-corrected chi connectivity index (χ0v) is 7.45. The Bertz CT molecular complexity index is 251. The van der Waals surface area contributed by atoms with Gasteiger partial charge in [0.25, 0.3) is 0 Å². The second kappa shape index (κ2) is 2.34. The Morgan fingerprint density at radius 3 is 3.30 bits per heavy atom. The fourth-order valence-corrected chi connectivity index (χ4v) is 1.76. The molecule has 0 fully saturated rings.